The summed E-state index contributed by atoms with van der Waals surface area (Å²) in [7, 11) is 0. The van der Waals surface area contributed by atoms with Crippen molar-refractivity contribution in [1.29, 1.82) is 0 Å². The first-order valence-corrected chi connectivity index (χ1v) is 9.41. The van der Waals surface area contributed by atoms with E-state index in [-0.39, 0.29) is 51.1 Å². The van der Waals surface area contributed by atoms with Crippen molar-refractivity contribution in [3.8, 4) is 0 Å². The van der Waals surface area contributed by atoms with Crippen LogP contribution in [0.15, 0.2) is 30.3 Å². The minimum atomic E-state index is -2.06. The number of ether oxygens (including phenoxy) is 3. The summed E-state index contributed by atoms with van der Waals surface area (Å²) in [6.07, 6.45) is 1.65. The Kier molecular flexibility index (Phi) is 6.84. The Hall–Kier alpha value is -1.14. The number of piperidine rings is 1. The molecule has 0 saturated carbocycles. The van der Waals surface area contributed by atoms with Gasteiger partial charge in [-0.2, -0.15) is 0 Å². The number of hydrogen-bond donors (Lipinski definition) is 0. The van der Waals surface area contributed by atoms with Crippen molar-refractivity contribution in [3.05, 3.63) is 35.9 Å². The third kappa shape index (κ3) is 5.67. The predicted octanol–water partition coefficient (Wildman–Crippen LogP) is 3.20. The molecule has 2 saturated heterocycles. The highest BCUT2D eigenvalue weighted by molar-refractivity contribution is 5.85. The van der Waals surface area contributed by atoms with Gasteiger partial charge in [0, 0.05) is 18.6 Å². The maximum absolute atomic E-state index is 13.0. The predicted molar refractivity (Wildman–Crippen MR) is 107 cm³/mol. The largest absolute Gasteiger partial charge is 0.465 e. The molecule has 3 rings (SSSR count). The van der Waals surface area contributed by atoms with E-state index >= 15 is 0 Å². The first-order valence-electron chi connectivity index (χ1n) is 11.4. The number of carbonyl (C=O) groups is 1. The minimum Gasteiger partial charge on any atom is -0.465 e. The maximum atomic E-state index is 13.0. The van der Waals surface area contributed by atoms with E-state index in [1.54, 1.807) is 31.2 Å². The lowest BCUT2D eigenvalue weighted by Gasteiger charge is -2.40. The van der Waals surface area contributed by atoms with Crippen LogP contribution in [0.2, 0.25) is 0 Å². The summed E-state index contributed by atoms with van der Waals surface area (Å²) >= 11 is 0. The number of hydrogen-bond acceptors (Lipinski definition) is 5. The van der Waals surface area contributed by atoms with Crippen LogP contribution in [0.5, 0.6) is 0 Å². The van der Waals surface area contributed by atoms with Crippen molar-refractivity contribution in [2.75, 3.05) is 46.0 Å². The normalized spacial score (nSPS) is 28.1. The second kappa shape index (κ2) is 11.0. The molecular weight excluding hydrogens is 366 g/mol. The van der Waals surface area contributed by atoms with Gasteiger partial charge in [0.2, 0.25) is 0 Å². The van der Waals surface area contributed by atoms with Crippen molar-refractivity contribution >= 4 is 18.4 Å². The Morgan fingerprint density at radius 1 is 1.33 bits per heavy atom. The molecule has 0 spiro atoms. The molecule has 0 N–H and O–H groups in total. The van der Waals surface area contributed by atoms with Gasteiger partial charge in [-0.05, 0) is 51.2 Å². The monoisotopic (exact) mass is 401 g/mol. The Morgan fingerprint density at radius 2 is 2.07 bits per heavy atom. The molecule has 0 bridgehead atoms. The average Bonchev–Trinajstić information content (AvgIpc) is 3.20. The average molecular weight is 402 g/mol. The number of benzene rings is 1. The van der Waals surface area contributed by atoms with Gasteiger partial charge in [-0.1, -0.05) is 30.3 Å². The van der Waals surface area contributed by atoms with Gasteiger partial charge in [0.15, 0.2) is 0 Å². The van der Waals surface area contributed by atoms with E-state index < -0.39 is 24.4 Å². The number of halogens is 1. The van der Waals surface area contributed by atoms with E-state index in [9.17, 15) is 4.79 Å². The Bertz CT molecular complexity index is 699. The lowest BCUT2D eigenvalue weighted by atomic mass is 9.72. The molecule has 0 amide bonds. The summed E-state index contributed by atoms with van der Waals surface area (Å²) in [6.45, 7) is -0.829. The molecule has 5 nitrogen and oxygen atoms in total. The Balaban J connectivity index is 0.00000341. The second-order valence-electron chi connectivity index (χ2n) is 6.70. The molecule has 1 aromatic carbocycles. The Morgan fingerprint density at radius 3 is 2.70 bits per heavy atom. The fourth-order valence-electron chi connectivity index (χ4n) is 3.38. The molecule has 2 aliphatic rings. The van der Waals surface area contributed by atoms with Crippen LogP contribution in [-0.4, -0.2) is 62.9 Å². The number of carbonyl (C=O) groups excluding carboxylic acids is 1. The fourth-order valence-corrected chi connectivity index (χ4v) is 3.38. The zero-order valence-electron chi connectivity index (χ0n) is 19.8. The molecule has 152 valence electrons. The van der Waals surface area contributed by atoms with Crippen molar-refractivity contribution in [1.82, 2.24) is 4.90 Å². The van der Waals surface area contributed by atoms with Crippen LogP contribution in [0.4, 0.5) is 0 Å². The first kappa shape index (κ1) is 16.8. The summed E-state index contributed by atoms with van der Waals surface area (Å²) in [5, 5.41) is 0. The molecule has 6 heteroatoms. The van der Waals surface area contributed by atoms with Crippen molar-refractivity contribution in [2.45, 2.75) is 44.1 Å². The van der Waals surface area contributed by atoms with E-state index in [4.69, 9.17) is 19.7 Å². The fraction of sp³-hybridized carbons (Fsp3) is 0.667. The lowest BCUT2D eigenvalue weighted by molar-refractivity contribution is -0.152. The van der Waals surface area contributed by atoms with Gasteiger partial charge >= 0.3 is 5.97 Å². The third-order valence-electron chi connectivity index (χ3n) is 4.92. The second-order valence-corrected chi connectivity index (χ2v) is 6.70. The van der Waals surface area contributed by atoms with E-state index in [1.165, 1.54) is 4.90 Å². The molecule has 27 heavy (non-hydrogen) atoms. The van der Waals surface area contributed by atoms with Gasteiger partial charge < -0.3 is 19.1 Å². The van der Waals surface area contributed by atoms with Crippen molar-refractivity contribution in [2.24, 2.45) is 0 Å². The molecule has 1 atom stereocenters. The highest BCUT2D eigenvalue weighted by Gasteiger charge is 2.44. The van der Waals surface area contributed by atoms with E-state index in [0.717, 1.165) is 19.4 Å². The SMILES string of the molecule is Cl.[2H]C1([2H])CC(C(=O)OCC)(c2ccccc2)CC([2H])([2H])N1CCOCC1CCCO1. The Labute approximate surface area is 174 Å². The number of likely N-dealkylation sites (tertiary alicyclic amines) is 1. The first-order chi connectivity index (χ1) is 14.2. The quantitative estimate of drug-likeness (QED) is 0.494. The number of rotatable bonds is 8. The van der Waals surface area contributed by atoms with E-state index in [0.29, 0.717) is 12.2 Å². The summed E-state index contributed by atoms with van der Waals surface area (Å²) in [5.41, 5.74) is -0.815. The van der Waals surface area contributed by atoms with Gasteiger partial charge in [0.1, 0.15) is 0 Å². The topological polar surface area (TPSA) is 48.0 Å². The highest BCUT2D eigenvalue weighted by atomic mass is 35.5. The van der Waals surface area contributed by atoms with Crippen molar-refractivity contribution < 1.29 is 24.5 Å². The number of nitrogens with zero attached hydrogens (tertiary/aromatic N) is 1. The van der Waals surface area contributed by atoms with Crippen molar-refractivity contribution in [3.63, 3.8) is 0 Å². The summed E-state index contributed by atoms with van der Waals surface area (Å²) < 4.78 is 51.0. The summed E-state index contributed by atoms with van der Waals surface area (Å²) in [4.78, 5) is 14.2. The van der Waals surface area contributed by atoms with Crippen LogP contribution in [0.3, 0.4) is 0 Å². The standard InChI is InChI=1S/C21H31NO4.ClH/c1-2-25-20(23)21(18-7-4-3-5-8-18)10-12-22(13-11-21)14-16-24-17-19-9-6-15-26-19;/h3-5,7-8,19H,2,6,9-17H2,1H3;1H/i12D2,13D2;. The molecule has 2 fully saturated rings. The van der Waals surface area contributed by atoms with E-state index in [1.807, 2.05) is 6.07 Å². The van der Waals surface area contributed by atoms with Crippen LogP contribution < -0.4 is 0 Å². The molecule has 2 aliphatic heterocycles. The molecule has 1 aromatic rings. The van der Waals surface area contributed by atoms with E-state index in [2.05, 4.69) is 0 Å². The zero-order valence-corrected chi connectivity index (χ0v) is 16.6. The number of esters is 1. The molecular formula is C21H32ClNO4. The highest BCUT2D eigenvalue weighted by Crippen LogP contribution is 2.36. The van der Waals surface area contributed by atoms with Gasteiger partial charge in [0.05, 0.1) is 31.3 Å². The van der Waals surface area contributed by atoms with Crippen LogP contribution in [0.25, 0.3) is 0 Å². The van der Waals surface area contributed by atoms with Gasteiger partial charge in [-0.15, -0.1) is 12.4 Å². The smallest absolute Gasteiger partial charge is 0.316 e. The molecule has 0 radical (unpaired) electrons. The molecule has 1 unspecified atom stereocenters. The van der Waals surface area contributed by atoms with Crippen LogP contribution in [0.1, 0.15) is 43.7 Å². The third-order valence-corrected chi connectivity index (χ3v) is 4.92. The molecule has 0 aromatic heterocycles. The van der Waals surface area contributed by atoms with Gasteiger partial charge in [0.25, 0.3) is 0 Å². The molecule has 2 heterocycles. The van der Waals surface area contributed by atoms with Gasteiger partial charge in [-0.25, -0.2) is 0 Å². The van der Waals surface area contributed by atoms with Gasteiger partial charge in [-0.3, -0.25) is 4.79 Å². The molecule has 0 aliphatic carbocycles. The van der Waals surface area contributed by atoms with Crippen LogP contribution in [0, 0.1) is 0 Å². The summed E-state index contributed by atoms with van der Waals surface area (Å²) in [6, 6.07) is 8.83. The van der Waals surface area contributed by atoms with Crippen LogP contribution in [-0.2, 0) is 24.4 Å². The minimum absolute atomic E-state index is 0. The summed E-state index contributed by atoms with van der Waals surface area (Å²) in [5.74, 6) is -0.585. The maximum Gasteiger partial charge on any atom is 0.316 e. The lowest BCUT2D eigenvalue weighted by Crippen LogP contribution is -2.48. The van der Waals surface area contributed by atoms with Crippen LogP contribution >= 0.6 is 12.4 Å². The zero-order chi connectivity index (χ0) is 21.8.